The van der Waals surface area contributed by atoms with E-state index in [4.69, 9.17) is 10.5 Å². The molecule has 2 aromatic rings. The zero-order valence-corrected chi connectivity index (χ0v) is 14.0. The van der Waals surface area contributed by atoms with Gasteiger partial charge in [0.2, 0.25) is 5.91 Å². The average molecular weight is 335 g/mol. The number of nitrogens with one attached hydrogen (secondary N) is 1. The molecule has 1 atom stereocenters. The van der Waals surface area contributed by atoms with E-state index in [9.17, 15) is 4.79 Å². The third kappa shape index (κ3) is 6.02. The smallest absolute Gasteiger partial charge is 0.237 e. The molecule has 0 aliphatic heterocycles. The summed E-state index contributed by atoms with van der Waals surface area (Å²) in [7, 11) is 1.66. The van der Waals surface area contributed by atoms with Crippen molar-refractivity contribution in [3.63, 3.8) is 0 Å². The summed E-state index contributed by atoms with van der Waals surface area (Å²) in [6.07, 6.45) is 0.534. The number of hydrogen-bond acceptors (Lipinski definition) is 3. The summed E-state index contributed by atoms with van der Waals surface area (Å²) in [5.74, 6) is -0.143. The quantitative estimate of drug-likeness (QED) is 0.817. The van der Waals surface area contributed by atoms with Crippen LogP contribution in [0.25, 0.3) is 0 Å². The zero-order chi connectivity index (χ0) is 15.8. The van der Waals surface area contributed by atoms with Gasteiger partial charge in [0.15, 0.2) is 0 Å². The van der Waals surface area contributed by atoms with Crippen molar-refractivity contribution in [2.45, 2.75) is 25.6 Å². The minimum Gasteiger partial charge on any atom is -0.380 e. The average Bonchev–Trinajstić information content (AvgIpc) is 2.55. The Morgan fingerprint density at radius 2 is 1.70 bits per heavy atom. The van der Waals surface area contributed by atoms with Crippen LogP contribution in [0.15, 0.2) is 54.6 Å². The van der Waals surface area contributed by atoms with Crippen LogP contribution < -0.4 is 11.1 Å². The van der Waals surface area contributed by atoms with E-state index in [1.807, 2.05) is 54.6 Å². The van der Waals surface area contributed by atoms with Crippen LogP contribution >= 0.6 is 12.4 Å². The van der Waals surface area contributed by atoms with Gasteiger partial charge in [-0.05, 0) is 23.1 Å². The summed E-state index contributed by atoms with van der Waals surface area (Å²) in [6.45, 7) is 0.989. The van der Waals surface area contributed by atoms with Crippen LogP contribution in [0.5, 0.6) is 0 Å². The van der Waals surface area contributed by atoms with Gasteiger partial charge in [-0.2, -0.15) is 0 Å². The maximum Gasteiger partial charge on any atom is 0.237 e. The number of halogens is 1. The lowest BCUT2D eigenvalue weighted by Crippen LogP contribution is -2.41. The fourth-order valence-electron chi connectivity index (χ4n) is 2.30. The van der Waals surface area contributed by atoms with E-state index in [-0.39, 0.29) is 18.3 Å². The van der Waals surface area contributed by atoms with Crippen molar-refractivity contribution in [3.8, 4) is 0 Å². The van der Waals surface area contributed by atoms with Gasteiger partial charge in [0, 0.05) is 13.7 Å². The third-order valence-electron chi connectivity index (χ3n) is 3.51. The van der Waals surface area contributed by atoms with Gasteiger partial charge in [-0.3, -0.25) is 4.79 Å². The maximum absolute atomic E-state index is 12.1. The lowest BCUT2D eigenvalue weighted by Gasteiger charge is -2.14. The van der Waals surface area contributed by atoms with Crippen LogP contribution in [0.1, 0.15) is 16.7 Å². The van der Waals surface area contributed by atoms with E-state index in [1.165, 1.54) is 0 Å². The Morgan fingerprint density at radius 1 is 1.09 bits per heavy atom. The van der Waals surface area contributed by atoms with Gasteiger partial charge in [0.25, 0.3) is 0 Å². The molecule has 124 valence electrons. The second kappa shape index (κ2) is 10.0. The molecular formula is C18H23ClN2O2. The van der Waals surface area contributed by atoms with Crippen molar-refractivity contribution in [3.05, 3.63) is 71.3 Å². The zero-order valence-electron chi connectivity index (χ0n) is 13.2. The fourth-order valence-corrected chi connectivity index (χ4v) is 2.30. The van der Waals surface area contributed by atoms with E-state index in [2.05, 4.69) is 5.32 Å². The number of nitrogens with two attached hydrogens (primary N) is 1. The van der Waals surface area contributed by atoms with Crippen molar-refractivity contribution < 1.29 is 9.53 Å². The summed E-state index contributed by atoms with van der Waals surface area (Å²) in [6, 6.07) is 17.1. The molecule has 0 spiro atoms. The number of carbonyl (C=O) groups excluding carboxylic acids is 1. The Bertz CT molecular complexity index is 605. The van der Waals surface area contributed by atoms with E-state index in [0.717, 1.165) is 16.7 Å². The van der Waals surface area contributed by atoms with E-state index in [0.29, 0.717) is 19.6 Å². The Morgan fingerprint density at radius 3 is 2.35 bits per heavy atom. The molecule has 0 aliphatic rings. The molecule has 2 aromatic carbocycles. The molecule has 0 fully saturated rings. The maximum atomic E-state index is 12.1. The second-order valence-corrected chi connectivity index (χ2v) is 5.22. The summed E-state index contributed by atoms with van der Waals surface area (Å²) in [5, 5.41) is 2.90. The molecule has 23 heavy (non-hydrogen) atoms. The topological polar surface area (TPSA) is 64.3 Å². The lowest BCUT2D eigenvalue weighted by molar-refractivity contribution is -0.122. The van der Waals surface area contributed by atoms with Gasteiger partial charge in [-0.1, -0.05) is 54.6 Å². The molecule has 0 aliphatic carbocycles. The Labute approximate surface area is 143 Å². The van der Waals surface area contributed by atoms with E-state index < -0.39 is 6.04 Å². The Balaban J connectivity index is 0.00000264. The molecule has 0 saturated heterocycles. The van der Waals surface area contributed by atoms with Crippen LogP contribution in [0.2, 0.25) is 0 Å². The molecule has 0 heterocycles. The SMILES string of the molecule is COCc1ccccc1CNC(=O)C(N)Cc1ccccc1.Cl. The van der Waals surface area contributed by atoms with Crippen molar-refractivity contribution >= 4 is 18.3 Å². The van der Waals surface area contributed by atoms with Crippen LogP contribution in [0, 0.1) is 0 Å². The van der Waals surface area contributed by atoms with Crippen LogP contribution in [-0.2, 0) is 29.1 Å². The summed E-state index contributed by atoms with van der Waals surface area (Å²) >= 11 is 0. The van der Waals surface area contributed by atoms with Gasteiger partial charge in [-0.15, -0.1) is 12.4 Å². The monoisotopic (exact) mass is 334 g/mol. The molecule has 2 rings (SSSR count). The predicted octanol–water partition coefficient (Wildman–Crippen LogP) is 2.44. The molecule has 0 aromatic heterocycles. The van der Waals surface area contributed by atoms with Gasteiger partial charge < -0.3 is 15.8 Å². The number of benzene rings is 2. The Hall–Kier alpha value is -1.88. The van der Waals surface area contributed by atoms with E-state index >= 15 is 0 Å². The molecular weight excluding hydrogens is 312 g/mol. The highest BCUT2D eigenvalue weighted by Crippen LogP contribution is 2.10. The highest BCUT2D eigenvalue weighted by Gasteiger charge is 2.14. The van der Waals surface area contributed by atoms with Gasteiger partial charge in [0.05, 0.1) is 12.6 Å². The highest BCUT2D eigenvalue weighted by molar-refractivity contribution is 5.85. The number of carbonyl (C=O) groups is 1. The largest absolute Gasteiger partial charge is 0.380 e. The van der Waals surface area contributed by atoms with Gasteiger partial charge >= 0.3 is 0 Å². The van der Waals surface area contributed by atoms with Crippen LogP contribution in [0.3, 0.4) is 0 Å². The minimum absolute atomic E-state index is 0. The first-order valence-corrected chi connectivity index (χ1v) is 7.33. The first kappa shape index (κ1) is 19.2. The molecule has 4 nitrogen and oxygen atoms in total. The second-order valence-electron chi connectivity index (χ2n) is 5.22. The number of amides is 1. The highest BCUT2D eigenvalue weighted by atomic mass is 35.5. The number of hydrogen-bond donors (Lipinski definition) is 2. The molecule has 5 heteroatoms. The van der Waals surface area contributed by atoms with Crippen molar-refractivity contribution in [2.24, 2.45) is 5.73 Å². The number of ether oxygens (including phenoxy) is 1. The minimum atomic E-state index is -0.544. The van der Waals surface area contributed by atoms with Crippen LogP contribution in [0.4, 0.5) is 0 Å². The molecule has 0 bridgehead atoms. The van der Waals surface area contributed by atoms with E-state index in [1.54, 1.807) is 7.11 Å². The molecule has 1 amide bonds. The lowest BCUT2D eigenvalue weighted by atomic mass is 10.1. The first-order valence-electron chi connectivity index (χ1n) is 7.33. The Kier molecular flexibility index (Phi) is 8.33. The summed E-state index contributed by atoms with van der Waals surface area (Å²) in [5.41, 5.74) is 9.15. The van der Waals surface area contributed by atoms with Crippen molar-refractivity contribution in [1.29, 1.82) is 0 Å². The summed E-state index contributed by atoms with van der Waals surface area (Å²) in [4.78, 5) is 12.1. The number of rotatable bonds is 7. The van der Waals surface area contributed by atoms with Crippen molar-refractivity contribution in [1.82, 2.24) is 5.32 Å². The molecule has 3 N–H and O–H groups in total. The third-order valence-corrected chi connectivity index (χ3v) is 3.51. The van der Waals surface area contributed by atoms with Gasteiger partial charge in [0.1, 0.15) is 0 Å². The first-order chi connectivity index (χ1) is 10.7. The van der Waals surface area contributed by atoms with Gasteiger partial charge in [-0.25, -0.2) is 0 Å². The molecule has 0 radical (unpaired) electrons. The fraction of sp³-hybridized carbons (Fsp3) is 0.278. The van der Waals surface area contributed by atoms with Crippen molar-refractivity contribution in [2.75, 3.05) is 7.11 Å². The predicted molar refractivity (Wildman–Crippen MR) is 94.4 cm³/mol. The number of methoxy groups -OCH3 is 1. The molecule has 0 saturated carbocycles. The normalized spacial score (nSPS) is 11.4. The standard InChI is InChI=1S/C18H22N2O2.ClH/c1-22-13-16-10-6-5-9-15(16)12-20-18(21)17(19)11-14-7-3-2-4-8-14;/h2-10,17H,11-13,19H2,1H3,(H,20,21);1H. The molecule has 1 unspecified atom stereocenters. The van der Waals surface area contributed by atoms with Crippen LogP contribution in [-0.4, -0.2) is 19.1 Å². The summed E-state index contributed by atoms with van der Waals surface area (Å²) < 4.78 is 5.16.